The van der Waals surface area contributed by atoms with E-state index in [1.54, 1.807) is 18.6 Å². The molecule has 1 atom stereocenters. The number of aromatic nitrogens is 4. The molecule has 1 N–H and O–H groups in total. The third-order valence-corrected chi connectivity index (χ3v) is 3.94. The zero-order valence-corrected chi connectivity index (χ0v) is 11.5. The van der Waals surface area contributed by atoms with Crippen LogP contribution in [0.3, 0.4) is 0 Å². The quantitative estimate of drug-likeness (QED) is 0.928. The van der Waals surface area contributed by atoms with Crippen molar-refractivity contribution in [3.05, 3.63) is 42.2 Å². The van der Waals surface area contributed by atoms with E-state index >= 15 is 0 Å². The maximum Gasteiger partial charge on any atom is 0.103 e. The van der Waals surface area contributed by atoms with Crippen molar-refractivity contribution in [2.45, 2.75) is 50.7 Å². The Morgan fingerprint density at radius 3 is 2.85 bits per heavy atom. The largest absolute Gasteiger partial charge is 0.386 e. The maximum atomic E-state index is 10.1. The lowest BCUT2D eigenvalue weighted by atomic mass is 9.96. The Kier molecular flexibility index (Phi) is 4.06. The molecule has 5 heteroatoms. The Balaban J connectivity index is 1.65. The molecule has 1 fully saturated rings. The molecule has 0 amide bonds. The summed E-state index contributed by atoms with van der Waals surface area (Å²) in [6.45, 7) is 0. The Morgan fingerprint density at radius 2 is 2.10 bits per heavy atom. The summed E-state index contributed by atoms with van der Waals surface area (Å²) in [5.74, 6) is 0. The van der Waals surface area contributed by atoms with Gasteiger partial charge in [0.15, 0.2) is 0 Å². The third-order valence-electron chi connectivity index (χ3n) is 3.94. The predicted octanol–water partition coefficient (Wildman–Crippen LogP) is 2.45. The van der Waals surface area contributed by atoms with E-state index in [1.807, 2.05) is 12.3 Å². The second kappa shape index (κ2) is 6.13. The van der Waals surface area contributed by atoms with Crippen molar-refractivity contribution < 1.29 is 5.11 Å². The minimum absolute atomic E-state index is 0.485. The van der Waals surface area contributed by atoms with Crippen LogP contribution < -0.4 is 0 Å². The van der Waals surface area contributed by atoms with Gasteiger partial charge in [0, 0.05) is 25.0 Å². The summed E-state index contributed by atoms with van der Waals surface area (Å²) in [4.78, 5) is 8.10. The summed E-state index contributed by atoms with van der Waals surface area (Å²) in [7, 11) is 0. The Labute approximate surface area is 118 Å². The molecular weight excluding hydrogens is 252 g/mol. The lowest BCUT2D eigenvalue weighted by Gasteiger charge is -2.21. The van der Waals surface area contributed by atoms with Crippen molar-refractivity contribution in [2.75, 3.05) is 0 Å². The number of hydrogen-bond acceptors (Lipinski definition) is 4. The van der Waals surface area contributed by atoms with Gasteiger partial charge in [-0.1, -0.05) is 19.3 Å². The maximum absolute atomic E-state index is 10.1. The molecule has 0 bridgehead atoms. The highest BCUT2D eigenvalue weighted by Crippen LogP contribution is 2.27. The van der Waals surface area contributed by atoms with Crippen molar-refractivity contribution in [2.24, 2.45) is 0 Å². The molecule has 1 unspecified atom stereocenters. The molecule has 1 saturated carbocycles. The molecule has 5 nitrogen and oxygen atoms in total. The molecule has 0 saturated heterocycles. The number of aliphatic hydroxyl groups is 1. The molecule has 0 aromatic carbocycles. The highest BCUT2D eigenvalue weighted by atomic mass is 16.3. The van der Waals surface area contributed by atoms with Gasteiger partial charge in [0.2, 0.25) is 0 Å². The first kappa shape index (κ1) is 13.2. The van der Waals surface area contributed by atoms with E-state index < -0.39 is 6.10 Å². The van der Waals surface area contributed by atoms with Crippen LogP contribution in [-0.4, -0.2) is 24.9 Å². The highest BCUT2D eigenvalue weighted by molar-refractivity contribution is 5.07. The Hall–Kier alpha value is -1.75. The zero-order valence-electron chi connectivity index (χ0n) is 11.5. The fourth-order valence-corrected chi connectivity index (χ4v) is 2.82. The molecule has 2 heterocycles. The smallest absolute Gasteiger partial charge is 0.103 e. The monoisotopic (exact) mass is 272 g/mol. The van der Waals surface area contributed by atoms with Crippen LogP contribution in [0, 0.1) is 0 Å². The second-order valence-electron chi connectivity index (χ2n) is 5.43. The summed E-state index contributed by atoms with van der Waals surface area (Å²) in [6.07, 6.45) is 13.0. The van der Waals surface area contributed by atoms with Gasteiger partial charge < -0.3 is 5.11 Å². The van der Waals surface area contributed by atoms with Crippen LogP contribution in [0.5, 0.6) is 0 Å². The first-order chi connectivity index (χ1) is 9.83. The standard InChI is InChI=1S/C15H20N4O/c20-15(14-11-16-7-8-17-14)10-12-6-9-19(18-12)13-4-2-1-3-5-13/h6-9,11,13,15,20H,1-5,10H2. The molecule has 0 radical (unpaired) electrons. The summed E-state index contributed by atoms with van der Waals surface area (Å²) in [5.41, 5.74) is 1.51. The fourth-order valence-electron chi connectivity index (χ4n) is 2.82. The first-order valence-electron chi connectivity index (χ1n) is 7.31. The SMILES string of the molecule is OC(Cc1ccn(C2CCCCC2)n1)c1cnccn1. The van der Waals surface area contributed by atoms with E-state index in [4.69, 9.17) is 0 Å². The van der Waals surface area contributed by atoms with Crippen LogP contribution >= 0.6 is 0 Å². The minimum Gasteiger partial charge on any atom is -0.386 e. The van der Waals surface area contributed by atoms with Crippen LogP contribution in [0.1, 0.15) is 55.6 Å². The second-order valence-corrected chi connectivity index (χ2v) is 5.43. The van der Waals surface area contributed by atoms with Gasteiger partial charge >= 0.3 is 0 Å². The van der Waals surface area contributed by atoms with Crippen LogP contribution in [0.25, 0.3) is 0 Å². The van der Waals surface area contributed by atoms with Gasteiger partial charge in [-0.05, 0) is 18.9 Å². The summed E-state index contributed by atoms with van der Waals surface area (Å²) < 4.78 is 2.07. The Bertz CT molecular complexity index is 534. The van der Waals surface area contributed by atoms with Crippen molar-refractivity contribution in [1.82, 2.24) is 19.7 Å². The average molecular weight is 272 g/mol. The van der Waals surface area contributed by atoms with Crippen LogP contribution in [0.15, 0.2) is 30.9 Å². The number of nitrogens with zero attached hydrogens (tertiary/aromatic N) is 4. The minimum atomic E-state index is -0.640. The van der Waals surface area contributed by atoms with Crippen LogP contribution in [0.2, 0.25) is 0 Å². The first-order valence-corrected chi connectivity index (χ1v) is 7.31. The number of aliphatic hydroxyl groups excluding tert-OH is 1. The molecule has 2 aromatic heterocycles. The van der Waals surface area contributed by atoms with Gasteiger partial charge in [-0.25, -0.2) is 0 Å². The molecule has 0 spiro atoms. The normalized spacial score (nSPS) is 18.1. The van der Waals surface area contributed by atoms with E-state index in [-0.39, 0.29) is 0 Å². The number of hydrogen-bond donors (Lipinski definition) is 1. The van der Waals surface area contributed by atoms with Gasteiger partial charge in [-0.15, -0.1) is 0 Å². The highest BCUT2D eigenvalue weighted by Gasteiger charge is 2.17. The van der Waals surface area contributed by atoms with Crippen molar-refractivity contribution >= 4 is 0 Å². The lowest BCUT2D eigenvalue weighted by Crippen LogP contribution is -2.14. The molecule has 2 aromatic rings. The van der Waals surface area contributed by atoms with Crippen molar-refractivity contribution in [3.63, 3.8) is 0 Å². The Morgan fingerprint density at radius 1 is 1.25 bits per heavy atom. The predicted molar refractivity (Wildman–Crippen MR) is 75.0 cm³/mol. The van der Waals surface area contributed by atoms with E-state index in [0.29, 0.717) is 18.2 Å². The molecule has 1 aliphatic carbocycles. The van der Waals surface area contributed by atoms with Gasteiger partial charge in [0.1, 0.15) is 6.10 Å². The fraction of sp³-hybridized carbons (Fsp3) is 0.533. The molecule has 0 aliphatic heterocycles. The molecule has 106 valence electrons. The van der Waals surface area contributed by atoms with Gasteiger partial charge in [0.05, 0.1) is 23.6 Å². The van der Waals surface area contributed by atoms with Crippen LogP contribution in [0.4, 0.5) is 0 Å². The summed E-state index contributed by atoms with van der Waals surface area (Å²) in [6, 6.07) is 2.53. The molecule has 20 heavy (non-hydrogen) atoms. The molecule has 1 aliphatic rings. The summed E-state index contributed by atoms with van der Waals surface area (Å²) >= 11 is 0. The average Bonchev–Trinajstić information content (AvgIpc) is 2.97. The van der Waals surface area contributed by atoms with E-state index in [0.717, 1.165) is 5.69 Å². The van der Waals surface area contributed by atoms with Crippen LogP contribution in [-0.2, 0) is 6.42 Å². The van der Waals surface area contributed by atoms with Crippen molar-refractivity contribution in [1.29, 1.82) is 0 Å². The van der Waals surface area contributed by atoms with Crippen molar-refractivity contribution in [3.8, 4) is 0 Å². The van der Waals surface area contributed by atoms with Gasteiger partial charge in [-0.3, -0.25) is 14.6 Å². The topological polar surface area (TPSA) is 63.8 Å². The number of rotatable bonds is 4. The zero-order chi connectivity index (χ0) is 13.8. The van der Waals surface area contributed by atoms with E-state index in [2.05, 4.69) is 19.7 Å². The van der Waals surface area contributed by atoms with Gasteiger partial charge in [0.25, 0.3) is 0 Å². The molecule has 3 rings (SSSR count). The van der Waals surface area contributed by atoms with Gasteiger partial charge in [-0.2, -0.15) is 5.10 Å². The third kappa shape index (κ3) is 3.04. The molecular formula is C15H20N4O. The lowest BCUT2D eigenvalue weighted by molar-refractivity contribution is 0.171. The van der Waals surface area contributed by atoms with E-state index in [9.17, 15) is 5.11 Å². The summed E-state index contributed by atoms with van der Waals surface area (Å²) in [5, 5.41) is 14.7. The van der Waals surface area contributed by atoms with E-state index in [1.165, 1.54) is 32.1 Å².